The van der Waals surface area contributed by atoms with Crippen LogP contribution in [0.5, 0.6) is 0 Å². The monoisotopic (exact) mass is 354 g/mol. The van der Waals surface area contributed by atoms with Gasteiger partial charge in [-0.15, -0.1) is 0 Å². The number of nitrogens with one attached hydrogen (secondary N) is 1. The van der Waals surface area contributed by atoms with E-state index < -0.39 is 11.9 Å². The Hall–Kier alpha value is -1.92. The van der Waals surface area contributed by atoms with Crippen LogP contribution in [0.15, 0.2) is 41.1 Å². The number of carboxylic acid groups (broad SMARTS) is 1. The fraction of sp³-hybridized carbons (Fsp3) is 0. The normalized spacial score (nSPS) is 10.1. The number of benzene rings is 1. The Morgan fingerprint density at radius 2 is 2.05 bits per heavy atom. The fourth-order valence-corrected chi connectivity index (χ4v) is 2.14. The zero-order valence-corrected chi connectivity index (χ0v) is 12.3. The molecule has 0 fully saturated rings. The molecule has 5 nitrogen and oxygen atoms in total. The van der Waals surface area contributed by atoms with Crippen LogP contribution in [0.3, 0.4) is 0 Å². The highest BCUT2D eigenvalue weighted by atomic mass is 79.9. The van der Waals surface area contributed by atoms with Crippen molar-refractivity contribution in [3.8, 4) is 0 Å². The molecule has 0 spiro atoms. The maximum atomic E-state index is 12.1. The molecule has 1 aromatic carbocycles. The third kappa shape index (κ3) is 3.15. The highest BCUT2D eigenvalue weighted by Gasteiger charge is 2.16. The van der Waals surface area contributed by atoms with Crippen LogP contribution in [-0.4, -0.2) is 22.0 Å². The molecule has 1 amide bonds. The van der Waals surface area contributed by atoms with Gasteiger partial charge in [0, 0.05) is 16.9 Å². The van der Waals surface area contributed by atoms with Crippen molar-refractivity contribution in [3.05, 3.63) is 57.3 Å². The Kier molecular flexibility index (Phi) is 4.36. The number of halogens is 2. The van der Waals surface area contributed by atoms with E-state index in [1.807, 2.05) is 0 Å². The van der Waals surface area contributed by atoms with Crippen molar-refractivity contribution >= 4 is 45.1 Å². The second kappa shape index (κ2) is 6.02. The van der Waals surface area contributed by atoms with Crippen molar-refractivity contribution in [1.29, 1.82) is 0 Å². The van der Waals surface area contributed by atoms with Crippen molar-refractivity contribution in [2.24, 2.45) is 0 Å². The zero-order chi connectivity index (χ0) is 14.7. The van der Waals surface area contributed by atoms with Gasteiger partial charge >= 0.3 is 5.97 Å². The fourth-order valence-electron chi connectivity index (χ4n) is 1.55. The van der Waals surface area contributed by atoms with Crippen molar-refractivity contribution in [2.75, 3.05) is 5.32 Å². The first-order chi connectivity index (χ1) is 9.49. The van der Waals surface area contributed by atoms with Crippen LogP contribution in [0.2, 0.25) is 5.02 Å². The summed E-state index contributed by atoms with van der Waals surface area (Å²) < 4.78 is 0.641. The summed E-state index contributed by atoms with van der Waals surface area (Å²) in [5.41, 5.74) is 0.274. The lowest BCUT2D eigenvalue weighted by Gasteiger charge is -2.10. The number of aromatic nitrogens is 1. The van der Waals surface area contributed by atoms with Gasteiger partial charge in [0.2, 0.25) is 0 Å². The van der Waals surface area contributed by atoms with Crippen LogP contribution in [-0.2, 0) is 0 Å². The number of carbonyl (C=O) groups is 2. The third-order valence-corrected chi connectivity index (χ3v) is 3.20. The predicted molar refractivity (Wildman–Crippen MR) is 78.3 cm³/mol. The molecule has 0 unspecified atom stereocenters. The molecule has 1 heterocycles. The topological polar surface area (TPSA) is 79.3 Å². The van der Waals surface area contributed by atoms with E-state index in [9.17, 15) is 9.59 Å². The molecule has 0 atom stereocenters. The Morgan fingerprint density at radius 1 is 1.30 bits per heavy atom. The van der Waals surface area contributed by atoms with Crippen molar-refractivity contribution in [2.45, 2.75) is 0 Å². The Balaban J connectivity index is 2.35. The second-order valence-corrected chi connectivity index (χ2v) is 5.14. The van der Waals surface area contributed by atoms with Gasteiger partial charge in [-0.3, -0.25) is 9.78 Å². The summed E-state index contributed by atoms with van der Waals surface area (Å²) in [6.07, 6.45) is 2.91. The molecule has 0 bridgehead atoms. The maximum absolute atomic E-state index is 12.1. The zero-order valence-electron chi connectivity index (χ0n) is 9.93. The van der Waals surface area contributed by atoms with Crippen LogP contribution < -0.4 is 5.32 Å². The molecular formula is C13H8BrClN2O3. The lowest BCUT2D eigenvalue weighted by atomic mass is 10.1. The lowest BCUT2D eigenvalue weighted by molar-refractivity contribution is 0.0698. The van der Waals surface area contributed by atoms with Gasteiger partial charge in [0.05, 0.1) is 21.8 Å². The van der Waals surface area contributed by atoms with E-state index in [1.165, 1.54) is 30.6 Å². The molecule has 0 aliphatic rings. The van der Waals surface area contributed by atoms with Crippen LogP contribution in [0.1, 0.15) is 20.7 Å². The van der Waals surface area contributed by atoms with Gasteiger partial charge in [0.25, 0.3) is 5.91 Å². The number of hydrogen-bond donors (Lipinski definition) is 2. The summed E-state index contributed by atoms with van der Waals surface area (Å²) in [5.74, 6) is -1.66. The summed E-state index contributed by atoms with van der Waals surface area (Å²) in [7, 11) is 0. The average Bonchev–Trinajstić information content (AvgIpc) is 2.40. The first-order valence-electron chi connectivity index (χ1n) is 5.42. The molecule has 2 rings (SSSR count). The molecule has 0 aliphatic heterocycles. The first kappa shape index (κ1) is 14.5. The molecule has 102 valence electrons. The van der Waals surface area contributed by atoms with E-state index in [0.717, 1.165) is 0 Å². The van der Waals surface area contributed by atoms with E-state index in [1.54, 1.807) is 6.07 Å². The van der Waals surface area contributed by atoms with Crippen molar-refractivity contribution < 1.29 is 14.7 Å². The molecule has 0 saturated heterocycles. The SMILES string of the molecule is O=C(Nc1c(Cl)cccc1C(=O)O)c1cncc(Br)c1. The van der Waals surface area contributed by atoms with Crippen LogP contribution >= 0.6 is 27.5 Å². The number of carbonyl (C=O) groups excluding carboxylic acids is 1. The summed E-state index contributed by atoms with van der Waals surface area (Å²) in [5, 5.41) is 11.7. The largest absolute Gasteiger partial charge is 0.478 e. The summed E-state index contributed by atoms with van der Waals surface area (Å²) in [6, 6.07) is 5.94. The Labute approximate surface area is 127 Å². The Morgan fingerprint density at radius 3 is 2.70 bits per heavy atom. The number of nitrogens with zero attached hydrogens (tertiary/aromatic N) is 1. The van der Waals surface area contributed by atoms with Crippen LogP contribution in [0, 0.1) is 0 Å². The van der Waals surface area contributed by atoms with Crippen molar-refractivity contribution in [1.82, 2.24) is 4.98 Å². The van der Waals surface area contributed by atoms with E-state index in [2.05, 4.69) is 26.2 Å². The van der Waals surface area contributed by atoms with Gasteiger partial charge in [0.15, 0.2) is 0 Å². The summed E-state index contributed by atoms with van der Waals surface area (Å²) in [4.78, 5) is 27.1. The van der Waals surface area contributed by atoms with Gasteiger partial charge < -0.3 is 10.4 Å². The molecule has 0 radical (unpaired) electrons. The highest BCUT2D eigenvalue weighted by Crippen LogP contribution is 2.26. The van der Waals surface area contributed by atoms with Gasteiger partial charge in [-0.25, -0.2) is 4.79 Å². The number of carboxylic acids is 1. The van der Waals surface area contributed by atoms with Gasteiger partial charge in [-0.1, -0.05) is 17.7 Å². The number of hydrogen-bond acceptors (Lipinski definition) is 3. The van der Waals surface area contributed by atoms with Crippen LogP contribution in [0.25, 0.3) is 0 Å². The molecule has 20 heavy (non-hydrogen) atoms. The molecule has 2 aromatic rings. The summed E-state index contributed by atoms with van der Waals surface area (Å²) >= 11 is 9.14. The molecular weight excluding hydrogens is 348 g/mol. The smallest absolute Gasteiger partial charge is 0.337 e. The van der Waals surface area contributed by atoms with Gasteiger partial charge in [-0.2, -0.15) is 0 Å². The van der Waals surface area contributed by atoms with Crippen LogP contribution in [0.4, 0.5) is 5.69 Å². The minimum absolute atomic E-state index is 0.0617. The van der Waals surface area contributed by atoms with E-state index in [0.29, 0.717) is 4.47 Å². The summed E-state index contributed by atoms with van der Waals surface area (Å²) in [6.45, 7) is 0. The Bertz CT molecular complexity index is 691. The van der Waals surface area contributed by atoms with E-state index >= 15 is 0 Å². The number of amides is 1. The van der Waals surface area contributed by atoms with Crippen molar-refractivity contribution in [3.63, 3.8) is 0 Å². The van der Waals surface area contributed by atoms with E-state index in [-0.39, 0.29) is 21.8 Å². The minimum atomic E-state index is -1.17. The van der Waals surface area contributed by atoms with E-state index in [4.69, 9.17) is 16.7 Å². The number of rotatable bonds is 3. The first-order valence-corrected chi connectivity index (χ1v) is 6.60. The molecule has 1 aromatic heterocycles. The lowest BCUT2D eigenvalue weighted by Crippen LogP contribution is -2.15. The quantitative estimate of drug-likeness (QED) is 0.884. The third-order valence-electron chi connectivity index (χ3n) is 2.45. The molecule has 0 aliphatic carbocycles. The maximum Gasteiger partial charge on any atom is 0.337 e. The number of para-hydroxylation sites is 1. The van der Waals surface area contributed by atoms with Gasteiger partial charge in [-0.05, 0) is 34.1 Å². The number of aromatic carboxylic acids is 1. The number of pyridine rings is 1. The highest BCUT2D eigenvalue weighted by molar-refractivity contribution is 9.10. The minimum Gasteiger partial charge on any atom is -0.478 e. The molecule has 7 heteroatoms. The standard InChI is InChI=1S/C13H8BrClN2O3/c14-8-4-7(5-16-6-8)12(18)17-11-9(13(19)20)2-1-3-10(11)15/h1-6H,(H,17,18)(H,19,20). The van der Waals surface area contributed by atoms with Gasteiger partial charge in [0.1, 0.15) is 0 Å². The average molecular weight is 356 g/mol. The number of anilines is 1. The second-order valence-electron chi connectivity index (χ2n) is 3.81. The molecule has 2 N–H and O–H groups in total. The molecule has 0 saturated carbocycles. The predicted octanol–water partition coefficient (Wildman–Crippen LogP) is 3.45.